The number of carbonyl (C=O) groups is 1. The molecular weight excluding hydrogens is 531 g/mol. The van der Waals surface area contributed by atoms with Crippen LogP contribution in [0, 0.1) is 6.92 Å². The first-order valence-electron chi connectivity index (χ1n) is 15.3. The topological polar surface area (TPSA) is 65.0 Å². The highest BCUT2D eigenvalue weighted by Crippen LogP contribution is 2.40. The highest BCUT2D eigenvalue weighted by atomic mass is 19.1. The maximum Gasteiger partial charge on any atom is 0.318 e. The van der Waals surface area contributed by atoms with Gasteiger partial charge in [-0.05, 0) is 69.1 Å². The molecule has 4 aliphatic heterocycles. The van der Waals surface area contributed by atoms with Crippen LogP contribution in [0.2, 0.25) is 0 Å². The largest absolute Gasteiger partial charge is 0.461 e. The Morgan fingerprint density at radius 1 is 0.976 bits per heavy atom. The molecule has 3 fully saturated rings. The molecule has 7 rings (SSSR count). The zero-order chi connectivity index (χ0) is 28.8. The molecule has 0 bridgehead atoms. The van der Waals surface area contributed by atoms with E-state index in [4.69, 9.17) is 14.7 Å². The number of aromatic nitrogens is 2. The highest BCUT2D eigenvalue weighted by molar-refractivity contribution is 5.97. The van der Waals surface area contributed by atoms with Crippen LogP contribution >= 0.6 is 0 Å². The van der Waals surface area contributed by atoms with Crippen LogP contribution in [0.25, 0.3) is 10.8 Å². The fourth-order valence-electron chi connectivity index (χ4n) is 7.64. The minimum absolute atomic E-state index is 0.104. The Morgan fingerprint density at radius 2 is 1.71 bits per heavy atom. The van der Waals surface area contributed by atoms with E-state index < -0.39 is 11.7 Å². The maximum atomic E-state index is 13.5. The van der Waals surface area contributed by atoms with Crippen molar-refractivity contribution >= 4 is 28.2 Å². The van der Waals surface area contributed by atoms with Gasteiger partial charge in [-0.2, -0.15) is 9.97 Å². The van der Waals surface area contributed by atoms with Gasteiger partial charge in [0.1, 0.15) is 12.4 Å². The highest BCUT2D eigenvalue weighted by Gasteiger charge is 2.45. The first-order chi connectivity index (χ1) is 20.4. The van der Waals surface area contributed by atoms with Gasteiger partial charge < -0.3 is 19.4 Å². The van der Waals surface area contributed by atoms with Gasteiger partial charge in [-0.1, -0.05) is 36.9 Å². The van der Waals surface area contributed by atoms with Gasteiger partial charge in [-0.15, -0.1) is 0 Å². The van der Waals surface area contributed by atoms with Crippen molar-refractivity contribution in [3.63, 3.8) is 0 Å². The molecular formula is C33H39FN6O2. The molecule has 220 valence electrons. The monoisotopic (exact) mass is 570 g/mol. The third-order valence-electron chi connectivity index (χ3n) is 9.83. The molecule has 0 saturated carbocycles. The van der Waals surface area contributed by atoms with E-state index in [1.807, 2.05) is 0 Å². The number of hydrogen-bond acceptors (Lipinski definition) is 7. The average Bonchev–Trinajstić information content (AvgIpc) is 3.60. The van der Waals surface area contributed by atoms with E-state index in [2.05, 4.69) is 64.6 Å². The fraction of sp³-hybridized carbons (Fsp3) is 0.485. The SMILES string of the molecule is C=C(F)C(=O)N1CCN(c2nc(OCC34CCCN3CCC4)nc3c2CCN(c2cccc4cccc(C)c24)C3)CC1. The normalized spacial score (nSPS) is 20.1. The summed E-state index contributed by atoms with van der Waals surface area (Å²) in [6.45, 7) is 11.8. The second-order valence-corrected chi connectivity index (χ2v) is 12.3. The predicted molar refractivity (Wildman–Crippen MR) is 163 cm³/mol. The Hall–Kier alpha value is -3.72. The van der Waals surface area contributed by atoms with Crippen LogP contribution in [0.3, 0.4) is 0 Å². The third kappa shape index (κ3) is 4.77. The van der Waals surface area contributed by atoms with Gasteiger partial charge >= 0.3 is 6.01 Å². The number of benzene rings is 2. The second kappa shape index (κ2) is 10.8. The Balaban J connectivity index is 1.20. The number of ether oxygens (including phenoxy) is 1. The van der Waals surface area contributed by atoms with E-state index in [0.717, 1.165) is 56.0 Å². The number of amides is 1. The summed E-state index contributed by atoms with van der Waals surface area (Å²) in [6, 6.07) is 13.4. The van der Waals surface area contributed by atoms with Crippen molar-refractivity contribution in [2.24, 2.45) is 0 Å². The summed E-state index contributed by atoms with van der Waals surface area (Å²) in [4.78, 5) is 31.0. The van der Waals surface area contributed by atoms with Crippen molar-refractivity contribution in [1.29, 1.82) is 0 Å². The van der Waals surface area contributed by atoms with E-state index in [-0.39, 0.29) is 5.54 Å². The first-order valence-corrected chi connectivity index (χ1v) is 15.3. The molecule has 0 aliphatic carbocycles. The molecule has 3 saturated heterocycles. The summed E-state index contributed by atoms with van der Waals surface area (Å²) in [6.07, 6.45) is 5.57. The summed E-state index contributed by atoms with van der Waals surface area (Å²) in [7, 11) is 0. The quantitative estimate of drug-likeness (QED) is 0.400. The molecule has 8 nitrogen and oxygen atoms in total. The maximum absolute atomic E-state index is 13.5. The van der Waals surface area contributed by atoms with Gasteiger partial charge in [-0.3, -0.25) is 9.69 Å². The molecule has 1 amide bonds. The predicted octanol–water partition coefficient (Wildman–Crippen LogP) is 4.64. The van der Waals surface area contributed by atoms with Crippen molar-refractivity contribution in [2.45, 2.75) is 51.1 Å². The number of nitrogens with zero attached hydrogens (tertiary/aromatic N) is 6. The van der Waals surface area contributed by atoms with Crippen molar-refractivity contribution < 1.29 is 13.9 Å². The van der Waals surface area contributed by atoms with Crippen LogP contribution in [0.1, 0.15) is 42.5 Å². The van der Waals surface area contributed by atoms with Crippen LogP contribution in [0.4, 0.5) is 15.9 Å². The second-order valence-electron chi connectivity index (χ2n) is 12.3. The molecule has 0 unspecified atom stereocenters. The molecule has 3 aromatic rings. The summed E-state index contributed by atoms with van der Waals surface area (Å²) in [5.74, 6) is -0.641. The minimum Gasteiger partial charge on any atom is -0.461 e. The Bertz CT molecular complexity index is 1520. The lowest BCUT2D eigenvalue weighted by Crippen LogP contribution is -2.49. The van der Waals surface area contributed by atoms with Gasteiger partial charge in [0.25, 0.3) is 5.91 Å². The standard InChI is InChI=1S/C33H39FN6O2/c1-23-7-3-8-25-9-4-10-28(29(23)25)39-16-11-26-27(21-39)35-32(42-22-33-12-5-14-40(33)15-6-13-33)36-30(26)37-17-19-38(20-18-37)31(41)24(2)34/h3-4,7-10H,2,5-6,11-22H2,1H3. The van der Waals surface area contributed by atoms with Crippen LogP contribution in [0.5, 0.6) is 6.01 Å². The molecule has 4 aliphatic rings. The molecule has 0 N–H and O–H groups in total. The number of fused-ring (bicyclic) bond motifs is 3. The number of aryl methyl sites for hydroxylation is 1. The van der Waals surface area contributed by atoms with Crippen molar-refractivity contribution in [1.82, 2.24) is 19.8 Å². The van der Waals surface area contributed by atoms with Crippen molar-refractivity contribution in [3.05, 3.63) is 65.6 Å². The number of piperazine rings is 1. The fourth-order valence-corrected chi connectivity index (χ4v) is 7.64. The molecule has 1 aromatic heterocycles. The number of hydrogen-bond donors (Lipinski definition) is 0. The van der Waals surface area contributed by atoms with Crippen LogP contribution < -0.4 is 14.5 Å². The van der Waals surface area contributed by atoms with E-state index in [9.17, 15) is 9.18 Å². The lowest BCUT2D eigenvalue weighted by atomic mass is 9.95. The van der Waals surface area contributed by atoms with Crippen molar-refractivity contribution in [2.75, 3.05) is 62.2 Å². The van der Waals surface area contributed by atoms with E-state index in [0.29, 0.717) is 45.3 Å². The number of halogens is 1. The Morgan fingerprint density at radius 3 is 2.45 bits per heavy atom. The number of carbonyl (C=O) groups excluding carboxylic acids is 1. The van der Waals surface area contributed by atoms with Gasteiger partial charge in [0.15, 0.2) is 5.83 Å². The van der Waals surface area contributed by atoms with E-state index >= 15 is 0 Å². The van der Waals surface area contributed by atoms with E-state index in [1.54, 1.807) is 0 Å². The summed E-state index contributed by atoms with van der Waals surface area (Å²) in [5, 5.41) is 2.53. The van der Waals surface area contributed by atoms with Crippen molar-refractivity contribution in [3.8, 4) is 6.01 Å². The molecule has 42 heavy (non-hydrogen) atoms. The molecule has 0 spiro atoms. The zero-order valence-corrected chi connectivity index (χ0v) is 24.4. The molecule has 0 radical (unpaired) electrons. The number of anilines is 2. The molecule has 5 heterocycles. The Kier molecular flexibility index (Phi) is 7.00. The van der Waals surface area contributed by atoms with Crippen LogP contribution in [-0.4, -0.2) is 83.6 Å². The zero-order valence-electron chi connectivity index (χ0n) is 24.4. The van der Waals surface area contributed by atoms with Gasteiger partial charge in [0.2, 0.25) is 0 Å². The van der Waals surface area contributed by atoms with Gasteiger partial charge in [-0.25, -0.2) is 4.39 Å². The van der Waals surface area contributed by atoms with Gasteiger partial charge in [0, 0.05) is 49.4 Å². The van der Waals surface area contributed by atoms with Gasteiger partial charge in [0.05, 0.1) is 17.8 Å². The lowest BCUT2D eigenvalue weighted by molar-refractivity contribution is -0.128. The average molecular weight is 571 g/mol. The lowest BCUT2D eigenvalue weighted by Gasteiger charge is -2.38. The minimum atomic E-state index is -0.908. The molecule has 2 aromatic carbocycles. The van der Waals surface area contributed by atoms with Crippen LogP contribution in [-0.2, 0) is 17.8 Å². The van der Waals surface area contributed by atoms with Crippen LogP contribution in [0.15, 0.2) is 48.8 Å². The smallest absolute Gasteiger partial charge is 0.318 e. The summed E-state index contributed by atoms with van der Waals surface area (Å²) in [5.41, 5.74) is 4.74. The van der Waals surface area contributed by atoms with E-state index in [1.165, 1.54) is 39.8 Å². The third-order valence-corrected chi connectivity index (χ3v) is 9.83. The molecule has 0 atom stereocenters. The first kappa shape index (κ1) is 27.1. The Labute approximate surface area is 246 Å². The summed E-state index contributed by atoms with van der Waals surface area (Å²) < 4.78 is 20.0. The number of rotatable bonds is 6. The molecule has 9 heteroatoms. The summed E-state index contributed by atoms with van der Waals surface area (Å²) >= 11 is 0.